The van der Waals surface area contributed by atoms with Crippen LogP contribution in [0.1, 0.15) is 34.1 Å². The van der Waals surface area contributed by atoms with Crippen LogP contribution in [0.25, 0.3) is 0 Å². The molecule has 1 rings (SSSR count). The lowest BCUT2D eigenvalue weighted by molar-refractivity contribution is -0.158. The fourth-order valence-electron chi connectivity index (χ4n) is 1.29. The quantitative estimate of drug-likeness (QED) is 0.701. The maximum atomic E-state index is 11.5. The Kier molecular flexibility index (Phi) is 2.78. The molecule has 1 aliphatic rings. The zero-order valence-corrected chi connectivity index (χ0v) is 9.36. The minimum atomic E-state index is -1.36. The van der Waals surface area contributed by atoms with Gasteiger partial charge >= 0.3 is 11.9 Å². The molecule has 1 heterocycles. The summed E-state index contributed by atoms with van der Waals surface area (Å²) in [5, 5.41) is 8.66. The molecular weight excluding hydrogens is 200 g/mol. The van der Waals surface area contributed by atoms with Gasteiger partial charge in [-0.2, -0.15) is 0 Å². The minimum absolute atomic E-state index is 0.355. The SMILES string of the molecule is CC(C)(C)[C@@H]1OC(=O)[C@](C)(CC(=O)O)O1. The Balaban J connectivity index is 2.80. The summed E-state index contributed by atoms with van der Waals surface area (Å²) >= 11 is 0. The molecule has 0 aromatic rings. The molecule has 0 saturated carbocycles. The molecule has 0 aliphatic carbocycles. The molecule has 0 aromatic carbocycles. The summed E-state index contributed by atoms with van der Waals surface area (Å²) in [6, 6.07) is 0. The fraction of sp³-hybridized carbons (Fsp3) is 0.800. The van der Waals surface area contributed by atoms with Gasteiger partial charge in [-0.15, -0.1) is 0 Å². The summed E-state index contributed by atoms with van der Waals surface area (Å²) in [6.07, 6.45) is -1.06. The Hall–Kier alpha value is -1.10. The molecule has 0 radical (unpaired) electrons. The smallest absolute Gasteiger partial charge is 0.341 e. The van der Waals surface area contributed by atoms with Crippen molar-refractivity contribution in [1.29, 1.82) is 0 Å². The molecule has 5 nitrogen and oxygen atoms in total. The van der Waals surface area contributed by atoms with Crippen molar-refractivity contribution < 1.29 is 24.2 Å². The van der Waals surface area contributed by atoms with E-state index in [-0.39, 0.29) is 11.8 Å². The van der Waals surface area contributed by atoms with Crippen LogP contribution in [0, 0.1) is 5.41 Å². The van der Waals surface area contributed by atoms with Gasteiger partial charge < -0.3 is 14.6 Å². The standard InChI is InChI=1S/C10H16O5/c1-9(2,3)8-14-7(13)10(4,15-8)5-6(11)12/h8H,5H2,1-4H3,(H,11,12)/t8-,10+/m1/s1. The van der Waals surface area contributed by atoms with Crippen LogP contribution in [0.3, 0.4) is 0 Å². The Morgan fingerprint density at radius 3 is 2.40 bits per heavy atom. The van der Waals surface area contributed by atoms with Crippen molar-refractivity contribution in [2.24, 2.45) is 5.41 Å². The number of rotatable bonds is 2. The van der Waals surface area contributed by atoms with E-state index in [1.165, 1.54) is 6.92 Å². The lowest BCUT2D eigenvalue weighted by atomic mass is 9.96. The molecule has 0 bridgehead atoms. The van der Waals surface area contributed by atoms with E-state index in [1.54, 1.807) is 0 Å². The van der Waals surface area contributed by atoms with Crippen molar-refractivity contribution in [2.75, 3.05) is 0 Å². The van der Waals surface area contributed by atoms with Crippen LogP contribution in [0.2, 0.25) is 0 Å². The largest absolute Gasteiger partial charge is 0.481 e. The van der Waals surface area contributed by atoms with Gasteiger partial charge in [0.05, 0.1) is 6.42 Å². The van der Waals surface area contributed by atoms with Crippen molar-refractivity contribution in [2.45, 2.75) is 46.0 Å². The third kappa shape index (κ3) is 2.47. The van der Waals surface area contributed by atoms with E-state index < -0.39 is 23.8 Å². The molecule has 2 atom stereocenters. The highest BCUT2D eigenvalue weighted by Crippen LogP contribution is 2.36. The molecule has 0 aromatic heterocycles. The van der Waals surface area contributed by atoms with E-state index in [1.807, 2.05) is 20.8 Å². The molecule has 1 saturated heterocycles. The van der Waals surface area contributed by atoms with Gasteiger partial charge in [-0.1, -0.05) is 20.8 Å². The predicted molar refractivity (Wildman–Crippen MR) is 51.1 cm³/mol. The predicted octanol–water partition coefficient (Wildman–Crippen LogP) is 1.17. The number of cyclic esters (lactones) is 1. The molecule has 0 unspecified atom stereocenters. The van der Waals surface area contributed by atoms with Gasteiger partial charge in [0, 0.05) is 5.41 Å². The van der Waals surface area contributed by atoms with Crippen LogP contribution in [-0.4, -0.2) is 28.9 Å². The molecular formula is C10H16O5. The molecule has 5 heteroatoms. The number of hydrogen-bond acceptors (Lipinski definition) is 4. The highest BCUT2D eigenvalue weighted by atomic mass is 16.8. The third-order valence-corrected chi connectivity index (χ3v) is 2.21. The average Bonchev–Trinajstić information content (AvgIpc) is 2.25. The average molecular weight is 216 g/mol. The Morgan fingerprint density at radius 1 is 1.53 bits per heavy atom. The molecule has 1 aliphatic heterocycles. The first-order valence-electron chi connectivity index (χ1n) is 4.76. The van der Waals surface area contributed by atoms with E-state index >= 15 is 0 Å². The number of carboxylic acids is 1. The van der Waals surface area contributed by atoms with Gasteiger partial charge in [0.2, 0.25) is 6.29 Å². The lowest BCUT2D eigenvalue weighted by Crippen LogP contribution is -2.36. The van der Waals surface area contributed by atoms with E-state index in [0.717, 1.165) is 0 Å². The van der Waals surface area contributed by atoms with Gasteiger partial charge in [0.25, 0.3) is 0 Å². The van der Waals surface area contributed by atoms with Gasteiger partial charge in [-0.05, 0) is 6.92 Å². The summed E-state index contributed by atoms with van der Waals surface area (Å²) < 4.78 is 10.4. The zero-order valence-electron chi connectivity index (χ0n) is 9.36. The van der Waals surface area contributed by atoms with Crippen molar-refractivity contribution >= 4 is 11.9 Å². The normalized spacial score (nSPS) is 31.5. The highest BCUT2D eigenvalue weighted by Gasteiger charge is 2.51. The molecule has 0 amide bonds. The highest BCUT2D eigenvalue weighted by molar-refractivity contribution is 5.86. The van der Waals surface area contributed by atoms with Crippen molar-refractivity contribution in [3.8, 4) is 0 Å². The summed E-state index contributed by atoms with van der Waals surface area (Å²) in [5.41, 5.74) is -1.71. The number of aliphatic carboxylic acids is 1. The van der Waals surface area contributed by atoms with Crippen molar-refractivity contribution in [3.05, 3.63) is 0 Å². The molecule has 15 heavy (non-hydrogen) atoms. The van der Waals surface area contributed by atoms with Crippen LogP contribution in [0.5, 0.6) is 0 Å². The topological polar surface area (TPSA) is 72.8 Å². The Bertz CT molecular complexity index is 291. The molecule has 1 fully saturated rings. The number of carboxylic acid groups (broad SMARTS) is 1. The van der Waals surface area contributed by atoms with Gasteiger partial charge in [-0.3, -0.25) is 4.79 Å². The zero-order chi connectivity index (χ0) is 11.9. The Morgan fingerprint density at radius 2 is 2.07 bits per heavy atom. The van der Waals surface area contributed by atoms with Gasteiger partial charge in [0.1, 0.15) is 0 Å². The lowest BCUT2D eigenvalue weighted by Gasteiger charge is -2.25. The van der Waals surface area contributed by atoms with Gasteiger partial charge in [-0.25, -0.2) is 4.79 Å². The summed E-state index contributed by atoms with van der Waals surface area (Å²) in [5.74, 6) is -1.69. The third-order valence-electron chi connectivity index (χ3n) is 2.21. The van der Waals surface area contributed by atoms with Crippen molar-refractivity contribution in [3.63, 3.8) is 0 Å². The second-order valence-electron chi connectivity index (χ2n) is 5.02. The number of hydrogen-bond donors (Lipinski definition) is 1. The second-order valence-corrected chi connectivity index (χ2v) is 5.02. The van der Waals surface area contributed by atoms with Crippen LogP contribution in [0.4, 0.5) is 0 Å². The van der Waals surface area contributed by atoms with Gasteiger partial charge in [0.15, 0.2) is 5.60 Å². The first-order valence-corrected chi connectivity index (χ1v) is 4.76. The molecule has 1 N–H and O–H groups in total. The Labute approximate surface area is 88.4 Å². The van der Waals surface area contributed by atoms with E-state index in [0.29, 0.717) is 0 Å². The van der Waals surface area contributed by atoms with E-state index in [4.69, 9.17) is 14.6 Å². The monoisotopic (exact) mass is 216 g/mol. The van der Waals surface area contributed by atoms with Crippen LogP contribution < -0.4 is 0 Å². The van der Waals surface area contributed by atoms with Crippen LogP contribution in [0.15, 0.2) is 0 Å². The molecule has 0 spiro atoms. The van der Waals surface area contributed by atoms with E-state index in [9.17, 15) is 9.59 Å². The van der Waals surface area contributed by atoms with E-state index in [2.05, 4.69) is 0 Å². The summed E-state index contributed by atoms with van der Waals surface area (Å²) in [6.45, 7) is 7.02. The number of ether oxygens (including phenoxy) is 2. The minimum Gasteiger partial charge on any atom is -0.481 e. The van der Waals surface area contributed by atoms with Crippen molar-refractivity contribution in [1.82, 2.24) is 0 Å². The maximum Gasteiger partial charge on any atom is 0.341 e. The second kappa shape index (κ2) is 3.48. The summed E-state index contributed by atoms with van der Waals surface area (Å²) in [7, 11) is 0. The first-order chi connectivity index (χ1) is 6.65. The fourth-order valence-corrected chi connectivity index (χ4v) is 1.29. The number of esters is 1. The molecule has 86 valence electrons. The first kappa shape index (κ1) is 12.0. The van der Waals surface area contributed by atoms with Crippen LogP contribution >= 0.6 is 0 Å². The number of carbonyl (C=O) groups excluding carboxylic acids is 1. The maximum absolute atomic E-state index is 11.5. The summed E-state index contributed by atoms with van der Waals surface area (Å²) in [4.78, 5) is 22.1. The van der Waals surface area contributed by atoms with Crippen LogP contribution in [-0.2, 0) is 19.1 Å². The number of carbonyl (C=O) groups is 2.